The fraction of sp³-hybridized carbons (Fsp3) is 0.143. The SMILES string of the molecule is Cc1cc(-c2ccc(OC(F)(F)F)cc2)ccc1F. The zero-order valence-electron chi connectivity index (χ0n) is 9.96. The number of benzene rings is 2. The van der Waals surface area contributed by atoms with Gasteiger partial charge in [0.2, 0.25) is 0 Å². The summed E-state index contributed by atoms with van der Waals surface area (Å²) in [7, 11) is 0. The van der Waals surface area contributed by atoms with Crippen molar-refractivity contribution in [2.75, 3.05) is 0 Å². The maximum absolute atomic E-state index is 13.1. The van der Waals surface area contributed by atoms with E-state index in [1.807, 2.05) is 0 Å². The monoisotopic (exact) mass is 270 g/mol. The molecule has 19 heavy (non-hydrogen) atoms. The second-order valence-electron chi connectivity index (χ2n) is 4.04. The lowest BCUT2D eigenvalue weighted by molar-refractivity contribution is -0.274. The van der Waals surface area contributed by atoms with Gasteiger partial charge in [-0.25, -0.2) is 4.39 Å². The zero-order chi connectivity index (χ0) is 14.0. The molecule has 2 aromatic rings. The lowest BCUT2D eigenvalue weighted by Crippen LogP contribution is -2.16. The van der Waals surface area contributed by atoms with Crippen molar-refractivity contribution in [1.82, 2.24) is 0 Å². The van der Waals surface area contributed by atoms with Gasteiger partial charge in [0.15, 0.2) is 0 Å². The Morgan fingerprint density at radius 3 is 2.00 bits per heavy atom. The molecule has 100 valence electrons. The van der Waals surface area contributed by atoms with Gasteiger partial charge in [0, 0.05) is 0 Å². The third kappa shape index (κ3) is 3.47. The van der Waals surface area contributed by atoms with E-state index in [1.54, 1.807) is 19.1 Å². The first-order valence-corrected chi connectivity index (χ1v) is 5.47. The third-order valence-electron chi connectivity index (χ3n) is 2.58. The van der Waals surface area contributed by atoms with Crippen LogP contribution in [-0.2, 0) is 0 Å². The van der Waals surface area contributed by atoms with Gasteiger partial charge in [-0.1, -0.05) is 18.2 Å². The summed E-state index contributed by atoms with van der Waals surface area (Å²) < 4.78 is 52.9. The molecular weight excluding hydrogens is 260 g/mol. The molecule has 5 heteroatoms. The summed E-state index contributed by atoms with van der Waals surface area (Å²) in [5.74, 6) is -0.601. The van der Waals surface area contributed by atoms with Crippen molar-refractivity contribution in [3.63, 3.8) is 0 Å². The van der Waals surface area contributed by atoms with E-state index in [-0.39, 0.29) is 11.6 Å². The van der Waals surface area contributed by atoms with E-state index >= 15 is 0 Å². The molecule has 2 aromatic carbocycles. The smallest absolute Gasteiger partial charge is 0.406 e. The van der Waals surface area contributed by atoms with Gasteiger partial charge in [0.1, 0.15) is 11.6 Å². The number of aryl methyl sites for hydroxylation is 1. The van der Waals surface area contributed by atoms with Crippen LogP contribution in [0.15, 0.2) is 42.5 Å². The molecule has 0 atom stereocenters. The van der Waals surface area contributed by atoms with Crippen LogP contribution in [-0.4, -0.2) is 6.36 Å². The summed E-state index contributed by atoms with van der Waals surface area (Å²) in [6.45, 7) is 1.62. The summed E-state index contributed by atoms with van der Waals surface area (Å²) in [5, 5.41) is 0. The van der Waals surface area contributed by atoms with Crippen molar-refractivity contribution in [2.45, 2.75) is 13.3 Å². The van der Waals surface area contributed by atoms with Gasteiger partial charge in [-0.05, 0) is 47.9 Å². The predicted molar refractivity (Wildman–Crippen MR) is 63.3 cm³/mol. The molecule has 0 saturated carbocycles. The predicted octanol–water partition coefficient (Wildman–Crippen LogP) is 4.70. The van der Waals surface area contributed by atoms with E-state index in [9.17, 15) is 17.6 Å². The van der Waals surface area contributed by atoms with Crippen molar-refractivity contribution in [3.8, 4) is 16.9 Å². The Labute approximate surface area is 107 Å². The van der Waals surface area contributed by atoms with E-state index in [2.05, 4.69) is 4.74 Å². The van der Waals surface area contributed by atoms with Gasteiger partial charge in [-0.2, -0.15) is 0 Å². The first-order chi connectivity index (χ1) is 8.85. The van der Waals surface area contributed by atoms with Gasteiger partial charge in [0.05, 0.1) is 0 Å². The first-order valence-electron chi connectivity index (χ1n) is 5.47. The lowest BCUT2D eigenvalue weighted by atomic mass is 10.0. The number of hydrogen-bond donors (Lipinski definition) is 0. The molecule has 0 heterocycles. The topological polar surface area (TPSA) is 9.23 Å². The van der Waals surface area contributed by atoms with Crippen molar-refractivity contribution >= 4 is 0 Å². The van der Waals surface area contributed by atoms with Crippen LogP contribution in [0.3, 0.4) is 0 Å². The molecular formula is C14H10F4O. The minimum atomic E-state index is -4.70. The van der Waals surface area contributed by atoms with Crippen LogP contribution >= 0.6 is 0 Å². The molecule has 0 bridgehead atoms. The fourth-order valence-corrected chi connectivity index (χ4v) is 1.67. The third-order valence-corrected chi connectivity index (χ3v) is 2.58. The highest BCUT2D eigenvalue weighted by molar-refractivity contribution is 5.64. The molecule has 0 aliphatic rings. The molecule has 0 aromatic heterocycles. The Balaban J connectivity index is 2.25. The molecule has 0 unspecified atom stereocenters. The number of hydrogen-bond acceptors (Lipinski definition) is 1. The van der Waals surface area contributed by atoms with Gasteiger partial charge in [0.25, 0.3) is 0 Å². The Bertz CT molecular complexity index is 573. The highest BCUT2D eigenvalue weighted by atomic mass is 19.4. The summed E-state index contributed by atoms with van der Waals surface area (Å²) in [6.07, 6.45) is -4.70. The highest BCUT2D eigenvalue weighted by Crippen LogP contribution is 2.27. The van der Waals surface area contributed by atoms with E-state index in [4.69, 9.17) is 0 Å². The summed E-state index contributed by atoms with van der Waals surface area (Å²) in [4.78, 5) is 0. The van der Waals surface area contributed by atoms with Gasteiger partial charge in [-0.15, -0.1) is 13.2 Å². The first kappa shape index (κ1) is 13.4. The van der Waals surface area contributed by atoms with Crippen molar-refractivity contribution in [2.24, 2.45) is 0 Å². The summed E-state index contributed by atoms with van der Waals surface area (Å²) in [5.41, 5.74) is 1.91. The van der Waals surface area contributed by atoms with Crippen LogP contribution in [0, 0.1) is 12.7 Å². The van der Waals surface area contributed by atoms with Crippen LogP contribution in [0.2, 0.25) is 0 Å². The molecule has 0 fully saturated rings. The Kier molecular flexibility index (Phi) is 3.46. The van der Waals surface area contributed by atoms with Crippen LogP contribution in [0.4, 0.5) is 17.6 Å². The summed E-state index contributed by atoms with van der Waals surface area (Å²) >= 11 is 0. The van der Waals surface area contributed by atoms with E-state index in [1.165, 1.54) is 30.3 Å². The van der Waals surface area contributed by atoms with Crippen molar-refractivity contribution in [1.29, 1.82) is 0 Å². The molecule has 2 rings (SSSR count). The quantitative estimate of drug-likeness (QED) is 0.719. The minimum absolute atomic E-state index is 0.282. The lowest BCUT2D eigenvalue weighted by Gasteiger charge is -2.09. The Hall–Kier alpha value is -2.04. The Morgan fingerprint density at radius 1 is 0.895 bits per heavy atom. The second kappa shape index (κ2) is 4.91. The Morgan fingerprint density at radius 2 is 1.47 bits per heavy atom. The van der Waals surface area contributed by atoms with Crippen LogP contribution in [0.1, 0.15) is 5.56 Å². The van der Waals surface area contributed by atoms with E-state index < -0.39 is 6.36 Å². The molecule has 0 amide bonds. The molecule has 0 aliphatic carbocycles. The number of alkyl halides is 3. The molecule has 0 N–H and O–H groups in total. The minimum Gasteiger partial charge on any atom is -0.406 e. The highest BCUT2D eigenvalue weighted by Gasteiger charge is 2.30. The van der Waals surface area contributed by atoms with Crippen LogP contribution in [0.25, 0.3) is 11.1 Å². The van der Waals surface area contributed by atoms with Gasteiger partial charge < -0.3 is 4.74 Å². The molecule has 0 aliphatic heterocycles. The number of ether oxygens (including phenoxy) is 1. The second-order valence-corrected chi connectivity index (χ2v) is 4.04. The van der Waals surface area contributed by atoms with Crippen LogP contribution < -0.4 is 4.74 Å². The van der Waals surface area contributed by atoms with Crippen LogP contribution in [0.5, 0.6) is 5.75 Å². The maximum Gasteiger partial charge on any atom is 0.573 e. The molecule has 1 nitrogen and oxygen atoms in total. The van der Waals surface area contributed by atoms with Crippen molar-refractivity contribution < 1.29 is 22.3 Å². The zero-order valence-corrected chi connectivity index (χ0v) is 9.96. The van der Waals surface area contributed by atoms with E-state index in [0.717, 1.165) is 5.56 Å². The molecule has 0 saturated heterocycles. The summed E-state index contributed by atoms with van der Waals surface area (Å²) in [6, 6.07) is 9.96. The largest absolute Gasteiger partial charge is 0.573 e. The van der Waals surface area contributed by atoms with Crippen molar-refractivity contribution in [3.05, 3.63) is 53.8 Å². The average Bonchev–Trinajstić information content (AvgIpc) is 2.32. The molecule has 0 radical (unpaired) electrons. The fourth-order valence-electron chi connectivity index (χ4n) is 1.67. The normalized spacial score (nSPS) is 11.4. The van der Waals surface area contributed by atoms with Gasteiger partial charge in [-0.3, -0.25) is 0 Å². The molecule has 0 spiro atoms. The van der Waals surface area contributed by atoms with Gasteiger partial charge >= 0.3 is 6.36 Å². The number of rotatable bonds is 2. The maximum atomic E-state index is 13.1. The van der Waals surface area contributed by atoms with E-state index in [0.29, 0.717) is 11.1 Å². The number of halogens is 4. The standard InChI is InChI=1S/C14H10F4O/c1-9-8-11(4-7-13(9)15)10-2-5-12(6-3-10)19-14(16,17)18/h2-8H,1H3. The average molecular weight is 270 g/mol.